The minimum atomic E-state index is -0.466. The molecule has 25 heavy (non-hydrogen) atoms. The number of anilines is 1. The molecule has 0 unspecified atom stereocenters. The third-order valence-electron chi connectivity index (χ3n) is 3.91. The normalized spacial score (nSPS) is 13.8. The molecule has 0 bridgehead atoms. The number of carbonyl (C=O) groups excluding carboxylic acids is 2. The second-order valence-corrected chi connectivity index (χ2v) is 5.48. The van der Waals surface area contributed by atoms with Gasteiger partial charge in [0.2, 0.25) is 0 Å². The predicted molar refractivity (Wildman–Crippen MR) is 93.9 cm³/mol. The first kappa shape index (κ1) is 16.7. The molecule has 0 saturated carbocycles. The Balaban J connectivity index is 1.91. The average Bonchev–Trinajstić information content (AvgIpc) is 2.90. The number of rotatable bonds is 6. The first-order chi connectivity index (χ1) is 12.1. The van der Waals surface area contributed by atoms with Gasteiger partial charge in [0.15, 0.2) is 0 Å². The van der Waals surface area contributed by atoms with E-state index in [2.05, 4.69) is 5.32 Å². The van der Waals surface area contributed by atoms with Crippen LogP contribution in [0.2, 0.25) is 0 Å². The van der Waals surface area contributed by atoms with Crippen molar-refractivity contribution in [2.75, 3.05) is 25.6 Å². The van der Waals surface area contributed by atoms with Crippen LogP contribution < -0.4 is 10.1 Å². The van der Waals surface area contributed by atoms with E-state index in [9.17, 15) is 9.59 Å². The first-order valence-corrected chi connectivity index (χ1v) is 7.83. The second-order valence-electron chi connectivity index (χ2n) is 5.48. The highest BCUT2D eigenvalue weighted by atomic mass is 16.5. The molecule has 2 aromatic carbocycles. The molecular formula is C19H18N2O4. The van der Waals surface area contributed by atoms with Crippen LogP contribution >= 0.6 is 0 Å². The van der Waals surface area contributed by atoms with E-state index in [1.54, 1.807) is 6.07 Å². The van der Waals surface area contributed by atoms with Crippen LogP contribution in [0.3, 0.4) is 0 Å². The molecular weight excluding hydrogens is 320 g/mol. The summed E-state index contributed by atoms with van der Waals surface area (Å²) >= 11 is 0. The number of methoxy groups -OCH3 is 1. The Hall–Kier alpha value is -3.12. The topological polar surface area (TPSA) is 78.9 Å². The number of amides is 2. The lowest BCUT2D eigenvalue weighted by Crippen LogP contribution is -2.34. The third kappa shape index (κ3) is 3.39. The quantitative estimate of drug-likeness (QED) is 0.788. The second kappa shape index (κ2) is 7.19. The highest BCUT2D eigenvalue weighted by Gasteiger charge is 2.31. The lowest BCUT2D eigenvalue weighted by Gasteiger charge is -2.15. The Labute approximate surface area is 145 Å². The molecule has 0 atom stereocenters. The summed E-state index contributed by atoms with van der Waals surface area (Å²) in [6.07, 6.45) is 1.23. The van der Waals surface area contributed by atoms with Crippen molar-refractivity contribution in [2.45, 2.75) is 0 Å². The largest absolute Gasteiger partial charge is 0.495 e. The summed E-state index contributed by atoms with van der Waals surface area (Å²) in [5.74, 6) is -0.354. The summed E-state index contributed by atoms with van der Waals surface area (Å²) in [5.41, 5.74) is 2.72. The van der Waals surface area contributed by atoms with Gasteiger partial charge in [0.25, 0.3) is 11.8 Å². The van der Waals surface area contributed by atoms with Crippen molar-refractivity contribution < 1.29 is 19.4 Å². The molecule has 1 heterocycles. The standard InChI is InChI=1S/C19H18N2O4/c1-25-17-8-7-14(13-5-3-2-4-6-13)11-15(17)20-16-12-18(23)21(9-10-22)19(16)24/h2-8,11-12,20,22H,9-10H2,1H3. The Morgan fingerprint density at radius 2 is 1.84 bits per heavy atom. The van der Waals surface area contributed by atoms with Gasteiger partial charge in [0.1, 0.15) is 11.4 Å². The van der Waals surface area contributed by atoms with E-state index >= 15 is 0 Å². The fraction of sp³-hybridized carbons (Fsp3) is 0.158. The lowest BCUT2D eigenvalue weighted by molar-refractivity contribution is -0.137. The number of aliphatic hydroxyl groups is 1. The van der Waals surface area contributed by atoms with Gasteiger partial charge >= 0.3 is 0 Å². The van der Waals surface area contributed by atoms with E-state index < -0.39 is 11.8 Å². The van der Waals surface area contributed by atoms with Crippen LogP contribution in [0.5, 0.6) is 5.75 Å². The van der Waals surface area contributed by atoms with Gasteiger partial charge in [-0.25, -0.2) is 0 Å². The van der Waals surface area contributed by atoms with Crippen LogP contribution in [0.25, 0.3) is 11.1 Å². The number of ether oxygens (including phenoxy) is 1. The summed E-state index contributed by atoms with van der Waals surface area (Å²) in [4.78, 5) is 25.1. The van der Waals surface area contributed by atoms with Crippen LogP contribution in [0.1, 0.15) is 0 Å². The van der Waals surface area contributed by atoms with Crippen LogP contribution in [0.15, 0.2) is 60.3 Å². The maximum Gasteiger partial charge on any atom is 0.277 e. The fourth-order valence-corrected chi connectivity index (χ4v) is 2.67. The van der Waals surface area contributed by atoms with Gasteiger partial charge in [-0.3, -0.25) is 14.5 Å². The number of imide groups is 1. The zero-order valence-corrected chi connectivity index (χ0v) is 13.7. The number of β-amino-alcohol motifs (C(OH)–C–C–N with tert-alkyl or cyclic N) is 1. The van der Waals surface area contributed by atoms with Crippen molar-refractivity contribution >= 4 is 17.5 Å². The predicted octanol–water partition coefficient (Wildman–Crippen LogP) is 2.02. The summed E-state index contributed by atoms with van der Waals surface area (Å²) in [7, 11) is 1.54. The number of carbonyl (C=O) groups is 2. The summed E-state index contributed by atoms with van der Waals surface area (Å²) in [6, 6.07) is 15.4. The number of hydrogen-bond donors (Lipinski definition) is 2. The Kier molecular flexibility index (Phi) is 4.81. The molecule has 6 nitrogen and oxygen atoms in total. The van der Waals surface area contributed by atoms with E-state index in [0.29, 0.717) is 11.4 Å². The van der Waals surface area contributed by atoms with E-state index in [4.69, 9.17) is 9.84 Å². The molecule has 6 heteroatoms. The monoisotopic (exact) mass is 338 g/mol. The summed E-state index contributed by atoms with van der Waals surface area (Å²) < 4.78 is 5.34. The molecule has 128 valence electrons. The van der Waals surface area contributed by atoms with Crippen LogP contribution in [-0.2, 0) is 9.59 Å². The van der Waals surface area contributed by atoms with Crippen LogP contribution in [-0.4, -0.2) is 42.1 Å². The molecule has 0 aliphatic carbocycles. The van der Waals surface area contributed by atoms with Gasteiger partial charge in [0.05, 0.1) is 25.9 Å². The lowest BCUT2D eigenvalue weighted by atomic mass is 10.0. The number of nitrogens with one attached hydrogen (secondary N) is 1. The smallest absolute Gasteiger partial charge is 0.277 e. The molecule has 2 amide bonds. The summed E-state index contributed by atoms with van der Waals surface area (Å²) in [5, 5.41) is 12.0. The van der Waals surface area contributed by atoms with Crippen molar-refractivity contribution in [1.82, 2.24) is 4.90 Å². The molecule has 1 aliphatic heterocycles. The number of nitrogens with zero attached hydrogens (tertiary/aromatic N) is 1. The molecule has 0 aromatic heterocycles. The molecule has 0 fully saturated rings. The Morgan fingerprint density at radius 3 is 2.52 bits per heavy atom. The van der Waals surface area contributed by atoms with Crippen molar-refractivity contribution in [1.29, 1.82) is 0 Å². The minimum Gasteiger partial charge on any atom is -0.495 e. The van der Waals surface area contributed by atoms with E-state index in [1.165, 1.54) is 13.2 Å². The van der Waals surface area contributed by atoms with Crippen molar-refractivity contribution in [3.05, 3.63) is 60.3 Å². The van der Waals surface area contributed by atoms with Gasteiger partial charge in [-0.15, -0.1) is 0 Å². The SMILES string of the molecule is COc1ccc(-c2ccccc2)cc1NC1=CC(=O)N(CCO)C1=O. The van der Waals surface area contributed by atoms with Crippen molar-refractivity contribution in [3.63, 3.8) is 0 Å². The molecule has 0 spiro atoms. The highest BCUT2D eigenvalue weighted by molar-refractivity contribution is 6.17. The molecule has 0 radical (unpaired) electrons. The van der Waals surface area contributed by atoms with Gasteiger partial charge in [-0.1, -0.05) is 36.4 Å². The van der Waals surface area contributed by atoms with Gasteiger partial charge in [-0.2, -0.15) is 0 Å². The van der Waals surface area contributed by atoms with E-state index in [1.807, 2.05) is 42.5 Å². The maximum atomic E-state index is 12.3. The molecule has 3 rings (SSSR count). The maximum absolute atomic E-state index is 12.3. The summed E-state index contributed by atoms with van der Waals surface area (Å²) in [6.45, 7) is -0.300. The van der Waals surface area contributed by atoms with Gasteiger partial charge in [-0.05, 0) is 23.3 Å². The number of benzene rings is 2. The third-order valence-corrected chi connectivity index (χ3v) is 3.91. The zero-order valence-electron chi connectivity index (χ0n) is 13.7. The van der Waals surface area contributed by atoms with Gasteiger partial charge in [0, 0.05) is 6.08 Å². The number of hydrogen-bond acceptors (Lipinski definition) is 5. The zero-order chi connectivity index (χ0) is 17.8. The highest BCUT2D eigenvalue weighted by Crippen LogP contribution is 2.32. The first-order valence-electron chi connectivity index (χ1n) is 7.83. The van der Waals surface area contributed by atoms with Gasteiger partial charge < -0.3 is 15.2 Å². The number of aliphatic hydroxyl groups excluding tert-OH is 1. The van der Waals surface area contributed by atoms with Crippen molar-refractivity contribution in [3.8, 4) is 16.9 Å². The minimum absolute atomic E-state index is 0.0272. The molecule has 1 aliphatic rings. The fourth-order valence-electron chi connectivity index (χ4n) is 2.67. The Morgan fingerprint density at radius 1 is 1.08 bits per heavy atom. The van der Waals surface area contributed by atoms with Crippen molar-refractivity contribution in [2.24, 2.45) is 0 Å². The molecule has 2 N–H and O–H groups in total. The Bertz CT molecular complexity index is 831. The van der Waals surface area contributed by atoms with Crippen LogP contribution in [0, 0.1) is 0 Å². The van der Waals surface area contributed by atoms with E-state index in [-0.39, 0.29) is 18.8 Å². The average molecular weight is 338 g/mol. The van der Waals surface area contributed by atoms with E-state index in [0.717, 1.165) is 16.0 Å². The molecule has 0 saturated heterocycles. The molecule has 2 aromatic rings. The van der Waals surface area contributed by atoms with Crippen LogP contribution in [0.4, 0.5) is 5.69 Å².